The Morgan fingerprint density at radius 3 is 2.26 bits per heavy atom. The average Bonchev–Trinajstić information content (AvgIpc) is 2.69. The van der Waals surface area contributed by atoms with Crippen LogP contribution < -0.4 is 14.2 Å². The summed E-state index contributed by atoms with van der Waals surface area (Å²) in [5, 5.41) is 10.3. The van der Waals surface area contributed by atoms with E-state index in [9.17, 15) is 9.90 Å². The van der Waals surface area contributed by atoms with Crippen molar-refractivity contribution < 1.29 is 33.6 Å². The van der Waals surface area contributed by atoms with E-state index in [1.165, 1.54) is 32.4 Å². The lowest BCUT2D eigenvalue weighted by molar-refractivity contribution is 0.0453. The number of phenolic OH excluding ortho intramolecular Hbond substituents is 1. The first-order valence-electron chi connectivity index (χ1n) is 8.06. The highest BCUT2D eigenvalue weighted by molar-refractivity contribution is 6.10. The first kappa shape index (κ1) is 20.3. The molecule has 0 fully saturated rings. The molecule has 144 valence electrons. The Kier molecular flexibility index (Phi) is 7.66. The number of aromatic hydroxyl groups is 1. The zero-order valence-electron chi connectivity index (χ0n) is 15.4. The fraction of sp³-hybridized carbons (Fsp3) is 0.250. The normalized spacial score (nSPS) is 10.8. The smallest absolute Gasteiger partial charge is 0.193 e. The number of methoxy groups -OCH3 is 3. The van der Waals surface area contributed by atoms with Gasteiger partial charge in [-0.05, 0) is 23.8 Å². The number of phenols is 1. The Hall–Kier alpha value is -3.03. The molecule has 0 aromatic heterocycles. The predicted octanol–water partition coefficient (Wildman–Crippen LogP) is 3.26. The maximum absolute atomic E-state index is 12.6. The second kappa shape index (κ2) is 10.2. The van der Waals surface area contributed by atoms with Gasteiger partial charge in [-0.2, -0.15) is 0 Å². The zero-order chi connectivity index (χ0) is 19.6. The van der Waals surface area contributed by atoms with Gasteiger partial charge in [-0.15, -0.1) is 0 Å². The number of rotatable bonds is 10. The number of carbonyl (C=O) groups excluding carboxylic acids is 1. The quantitative estimate of drug-likeness (QED) is 0.388. The maximum atomic E-state index is 12.6. The minimum atomic E-state index is -0.423. The number of allylic oxidation sites excluding steroid dienone is 1. The summed E-state index contributed by atoms with van der Waals surface area (Å²) in [5.74, 6) is 0.480. The molecule has 0 unspecified atom stereocenters. The van der Waals surface area contributed by atoms with Gasteiger partial charge < -0.3 is 28.8 Å². The highest BCUT2D eigenvalue weighted by Gasteiger charge is 2.18. The third-order valence-electron chi connectivity index (χ3n) is 3.52. The molecule has 0 bridgehead atoms. The van der Waals surface area contributed by atoms with Gasteiger partial charge in [0.15, 0.2) is 19.4 Å². The Morgan fingerprint density at radius 1 is 0.963 bits per heavy atom. The molecule has 0 spiro atoms. The average molecular weight is 374 g/mol. The minimum absolute atomic E-state index is 0.00613. The van der Waals surface area contributed by atoms with Crippen LogP contribution in [0.5, 0.6) is 23.0 Å². The summed E-state index contributed by atoms with van der Waals surface area (Å²) >= 11 is 0. The fourth-order valence-corrected chi connectivity index (χ4v) is 2.24. The molecule has 0 aliphatic heterocycles. The molecule has 7 heteroatoms. The van der Waals surface area contributed by atoms with Crippen LogP contribution in [0.3, 0.4) is 0 Å². The van der Waals surface area contributed by atoms with Gasteiger partial charge in [0.05, 0.1) is 7.11 Å². The van der Waals surface area contributed by atoms with Gasteiger partial charge in [0.1, 0.15) is 28.6 Å². The molecule has 0 aliphatic carbocycles. The number of ketones is 1. The molecule has 0 heterocycles. The van der Waals surface area contributed by atoms with Crippen molar-refractivity contribution >= 4 is 11.9 Å². The van der Waals surface area contributed by atoms with Crippen LogP contribution in [0.2, 0.25) is 0 Å². The molecule has 2 rings (SSSR count). The van der Waals surface area contributed by atoms with E-state index in [-0.39, 0.29) is 30.6 Å². The summed E-state index contributed by atoms with van der Waals surface area (Å²) in [6.07, 6.45) is 2.99. The topological polar surface area (TPSA) is 83.5 Å². The molecule has 27 heavy (non-hydrogen) atoms. The second-order valence-corrected chi connectivity index (χ2v) is 5.39. The van der Waals surface area contributed by atoms with E-state index in [1.54, 1.807) is 25.3 Å². The molecule has 0 radical (unpaired) electrons. The van der Waals surface area contributed by atoms with Crippen LogP contribution >= 0.6 is 0 Å². The Balaban J connectivity index is 2.27. The van der Waals surface area contributed by atoms with Gasteiger partial charge in [0, 0.05) is 26.4 Å². The van der Waals surface area contributed by atoms with Crippen molar-refractivity contribution in [1.29, 1.82) is 0 Å². The number of benzene rings is 2. The monoisotopic (exact) mass is 374 g/mol. The third-order valence-corrected chi connectivity index (χ3v) is 3.52. The summed E-state index contributed by atoms with van der Waals surface area (Å²) in [7, 11) is 4.51. The van der Waals surface area contributed by atoms with Crippen LogP contribution in [-0.4, -0.2) is 45.8 Å². The van der Waals surface area contributed by atoms with E-state index >= 15 is 0 Å². The number of hydrogen-bond acceptors (Lipinski definition) is 7. The molecule has 0 atom stereocenters. The van der Waals surface area contributed by atoms with Crippen LogP contribution in [0, 0.1) is 0 Å². The highest BCUT2D eigenvalue weighted by Crippen LogP contribution is 2.34. The molecule has 0 saturated heterocycles. The summed E-state index contributed by atoms with van der Waals surface area (Å²) in [6.45, 7) is -0.0938. The number of ether oxygens (including phenoxy) is 5. The van der Waals surface area contributed by atoms with Gasteiger partial charge in [-0.1, -0.05) is 18.2 Å². The summed E-state index contributed by atoms with van der Waals surface area (Å²) in [5.41, 5.74) is 0.824. The van der Waals surface area contributed by atoms with Crippen molar-refractivity contribution in [2.45, 2.75) is 0 Å². The lowest BCUT2D eigenvalue weighted by Gasteiger charge is -2.13. The van der Waals surface area contributed by atoms with Gasteiger partial charge in [0.25, 0.3) is 0 Å². The van der Waals surface area contributed by atoms with Gasteiger partial charge in [-0.25, -0.2) is 0 Å². The summed E-state index contributed by atoms with van der Waals surface area (Å²) < 4.78 is 25.5. The second-order valence-electron chi connectivity index (χ2n) is 5.39. The Labute approximate surface area is 157 Å². The van der Waals surface area contributed by atoms with E-state index in [1.807, 2.05) is 12.1 Å². The van der Waals surface area contributed by atoms with Crippen LogP contribution in [0.4, 0.5) is 0 Å². The number of carbonyl (C=O) groups is 1. The van der Waals surface area contributed by atoms with Crippen molar-refractivity contribution in [3.05, 3.63) is 53.6 Å². The van der Waals surface area contributed by atoms with Gasteiger partial charge >= 0.3 is 0 Å². The third kappa shape index (κ3) is 5.73. The van der Waals surface area contributed by atoms with Gasteiger partial charge in [-0.3, -0.25) is 4.79 Å². The van der Waals surface area contributed by atoms with Crippen molar-refractivity contribution in [3.8, 4) is 23.0 Å². The van der Waals surface area contributed by atoms with E-state index in [4.69, 9.17) is 23.7 Å². The van der Waals surface area contributed by atoms with Crippen molar-refractivity contribution in [1.82, 2.24) is 0 Å². The largest absolute Gasteiger partial charge is 0.507 e. The van der Waals surface area contributed by atoms with Crippen LogP contribution in [0.25, 0.3) is 6.08 Å². The summed E-state index contributed by atoms with van der Waals surface area (Å²) in [4.78, 5) is 12.6. The Morgan fingerprint density at radius 2 is 1.63 bits per heavy atom. The molecule has 0 aliphatic rings. The first-order chi connectivity index (χ1) is 13.1. The highest BCUT2D eigenvalue weighted by atomic mass is 16.7. The van der Waals surface area contributed by atoms with Crippen molar-refractivity contribution in [2.75, 3.05) is 34.9 Å². The van der Waals surface area contributed by atoms with E-state index in [2.05, 4.69) is 0 Å². The van der Waals surface area contributed by atoms with Crippen molar-refractivity contribution in [2.24, 2.45) is 0 Å². The van der Waals surface area contributed by atoms with Crippen LogP contribution in [0.1, 0.15) is 15.9 Å². The molecule has 7 nitrogen and oxygen atoms in total. The maximum Gasteiger partial charge on any atom is 0.193 e. The standard InChI is InChI=1S/C20H22O7/c1-23-12-26-16-10-18(22)20(19(11-16)27-13-24-2)17(21)9-6-14-4-7-15(25-3)8-5-14/h4-11,22H,12-13H2,1-3H3/b9-6+. The van der Waals surface area contributed by atoms with E-state index in [0.717, 1.165) is 11.3 Å². The van der Waals surface area contributed by atoms with E-state index < -0.39 is 5.78 Å². The van der Waals surface area contributed by atoms with Crippen molar-refractivity contribution in [3.63, 3.8) is 0 Å². The van der Waals surface area contributed by atoms with E-state index in [0.29, 0.717) is 5.75 Å². The zero-order valence-corrected chi connectivity index (χ0v) is 15.4. The molecule has 0 amide bonds. The van der Waals surface area contributed by atoms with Crippen LogP contribution in [-0.2, 0) is 9.47 Å². The number of hydrogen-bond donors (Lipinski definition) is 1. The summed E-state index contributed by atoms with van der Waals surface area (Å²) in [6, 6.07) is 10.0. The Bertz CT molecular complexity index is 782. The molecule has 0 saturated carbocycles. The molecular formula is C20H22O7. The molecule has 2 aromatic rings. The fourth-order valence-electron chi connectivity index (χ4n) is 2.24. The molecular weight excluding hydrogens is 352 g/mol. The predicted molar refractivity (Wildman–Crippen MR) is 99.5 cm³/mol. The first-order valence-corrected chi connectivity index (χ1v) is 8.06. The lowest BCUT2D eigenvalue weighted by Crippen LogP contribution is -2.06. The van der Waals surface area contributed by atoms with Crippen LogP contribution in [0.15, 0.2) is 42.5 Å². The SMILES string of the molecule is COCOc1cc(O)c(C(=O)/C=C/c2ccc(OC)cc2)c(OCOC)c1. The minimum Gasteiger partial charge on any atom is -0.507 e. The van der Waals surface area contributed by atoms with Gasteiger partial charge in [0.2, 0.25) is 0 Å². The molecule has 2 aromatic carbocycles. The lowest BCUT2D eigenvalue weighted by atomic mass is 10.1. The molecule has 1 N–H and O–H groups in total.